The van der Waals surface area contributed by atoms with Gasteiger partial charge in [-0.15, -0.1) is 0 Å². The van der Waals surface area contributed by atoms with Crippen LogP contribution in [0.25, 0.3) is 0 Å². The molecule has 0 aromatic heterocycles. The average Bonchev–Trinajstić information content (AvgIpc) is 3.63. The summed E-state index contributed by atoms with van der Waals surface area (Å²) < 4.78 is 36.4. The number of esters is 4. The Morgan fingerprint density at radius 1 is 0.716 bits per heavy atom. The van der Waals surface area contributed by atoms with Crippen molar-refractivity contribution in [3.63, 3.8) is 0 Å². The average molecular weight is 939 g/mol. The lowest BCUT2D eigenvalue weighted by Crippen LogP contribution is -2.63. The summed E-state index contributed by atoms with van der Waals surface area (Å²) in [4.78, 5) is 50.8. The normalized spacial score (nSPS) is 33.0. The first-order valence-corrected chi connectivity index (χ1v) is 27.4. The zero-order chi connectivity index (χ0) is 48.6. The van der Waals surface area contributed by atoms with E-state index < -0.39 is 48.6 Å². The molecular formula is C57H94O10. The van der Waals surface area contributed by atoms with Gasteiger partial charge in [-0.2, -0.15) is 0 Å². The molecular weight excluding hydrogens is 845 g/mol. The minimum absolute atomic E-state index is 0.0925. The van der Waals surface area contributed by atoms with Crippen LogP contribution >= 0.6 is 0 Å². The Balaban J connectivity index is 1.17. The van der Waals surface area contributed by atoms with Crippen molar-refractivity contribution >= 4 is 23.9 Å². The maximum Gasteiger partial charge on any atom is 0.305 e. The molecule has 1 saturated heterocycles. The second-order valence-corrected chi connectivity index (χ2v) is 22.6. The number of hydrogen-bond donors (Lipinski definition) is 0. The Morgan fingerprint density at radius 3 is 2.00 bits per heavy atom. The van der Waals surface area contributed by atoms with Gasteiger partial charge < -0.3 is 28.4 Å². The zero-order valence-electron chi connectivity index (χ0n) is 43.6. The molecule has 10 heteroatoms. The third-order valence-corrected chi connectivity index (χ3v) is 17.1. The molecule has 0 bridgehead atoms. The predicted molar refractivity (Wildman–Crippen MR) is 264 cm³/mol. The molecule has 0 N–H and O–H groups in total. The Labute approximate surface area is 406 Å². The third kappa shape index (κ3) is 15.6. The van der Waals surface area contributed by atoms with Crippen molar-refractivity contribution in [3.05, 3.63) is 23.8 Å². The zero-order valence-corrected chi connectivity index (χ0v) is 43.6. The fourth-order valence-electron chi connectivity index (χ4n) is 13.6. The van der Waals surface area contributed by atoms with E-state index in [1.54, 1.807) is 0 Å². The molecule has 382 valence electrons. The number of carbonyl (C=O) groups is 4. The highest BCUT2D eigenvalue weighted by molar-refractivity contribution is 5.69. The summed E-state index contributed by atoms with van der Waals surface area (Å²) >= 11 is 0. The van der Waals surface area contributed by atoms with Crippen molar-refractivity contribution in [2.24, 2.45) is 46.3 Å². The van der Waals surface area contributed by atoms with Gasteiger partial charge in [0.25, 0.3) is 0 Å². The number of unbranched alkanes of at least 4 members (excludes halogenated alkanes) is 11. The molecule has 5 rings (SSSR count). The summed E-state index contributed by atoms with van der Waals surface area (Å²) in [6.45, 7) is 18.1. The van der Waals surface area contributed by atoms with Crippen molar-refractivity contribution in [2.45, 2.75) is 260 Å². The highest BCUT2D eigenvalue weighted by Gasteiger charge is 2.60. The molecule has 1 aliphatic heterocycles. The summed E-state index contributed by atoms with van der Waals surface area (Å²) in [6, 6.07) is 0. The first kappa shape index (κ1) is 55.2. The van der Waals surface area contributed by atoms with Gasteiger partial charge in [-0.1, -0.05) is 136 Å². The molecule has 0 radical (unpaired) electrons. The first-order valence-electron chi connectivity index (χ1n) is 27.4. The number of carbonyl (C=O) groups excluding carboxylic acids is 4. The lowest BCUT2D eigenvalue weighted by Gasteiger charge is -2.58. The minimum atomic E-state index is -1.24. The van der Waals surface area contributed by atoms with E-state index in [2.05, 4.69) is 59.8 Å². The Kier molecular flexibility index (Phi) is 22.3. The molecule has 13 atom stereocenters. The lowest BCUT2D eigenvalue weighted by molar-refractivity contribution is -0.318. The SMILES string of the molecule is CCCCCCCC/C=C\CCCCCCCC(=O)OC[C@H]1O[C@@H](OC2CC[C@@]3(C)C(=CC[C@H]4[C@@H]5CC[C@H]([C@H](C)CCCC(C)C)[C@@]5(C)CC[C@@H]43)C2)[C@H](OC(C)=O)[C@@H](OC(C)=O)[C@H]1OC(C)=O. The summed E-state index contributed by atoms with van der Waals surface area (Å²) in [7, 11) is 0. The highest BCUT2D eigenvalue weighted by atomic mass is 16.7. The van der Waals surface area contributed by atoms with Crippen LogP contribution in [0.3, 0.4) is 0 Å². The molecule has 0 aromatic rings. The van der Waals surface area contributed by atoms with Gasteiger partial charge in [0, 0.05) is 27.2 Å². The number of allylic oxidation sites excluding steroid dienone is 3. The van der Waals surface area contributed by atoms with E-state index in [1.165, 1.54) is 116 Å². The molecule has 1 unspecified atom stereocenters. The molecule has 3 saturated carbocycles. The van der Waals surface area contributed by atoms with Gasteiger partial charge in [0.05, 0.1) is 6.10 Å². The maximum absolute atomic E-state index is 13.1. The van der Waals surface area contributed by atoms with Crippen molar-refractivity contribution in [3.8, 4) is 0 Å². The summed E-state index contributed by atoms with van der Waals surface area (Å²) in [6.07, 6.45) is 29.4. The Morgan fingerprint density at radius 2 is 1.34 bits per heavy atom. The van der Waals surface area contributed by atoms with Crippen LogP contribution in [0.15, 0.2) is 23.8 Å². The number of rotatable bonds is 27. The number of fused-ring (bicyclic) bond motifs is 5. The van der Waals surface area contributed by atoms with E-state index in [9.17, 15) is 19.2 Å². The van der Waals surface area contributed by atoms with Crippen molar-refractivity contribution < 1.29 is 47.6 Å². The van der Waals surface area contributed by atoms with Crippen molar-refractivity contribution in [1.29, 1.82) is 0 Å². The van der Waals surface area contributed by atoms with Crippen LogP contribution in [-0.4, -0.2) is 67.3 Å². The fourth-order valence-corrected chi connectivity index (χ4v) is 13.6. The van der Waals surface area contributed by atoms with E-state index in [-0.39, 0.29) is 30.5 Å². The number of ether oxygens (including phenoxy) is 6. The van der Waals surface area contributed by atoms with Gasteiger partial charge in [0.15, 0.2) is 24.6 Å². The lowest BCUT2D eigenvalue weighted by atomic mass is 9.47. The van der Waals surface area contributed by atoms with Crippen molar-refractivity contribution in [1.82, 2.24) is 0 Å². The second kappa shape index (κ2) is 27.0. The quantitative estimate of drug-likeness (QED) is 0.0340. The van der Waals surface area contributed by atoms with Crippen LogP contribution in [0.5, 0.6) is 0 Å². The van der Waals surface area contributed by atoms with E-state index in [4.69, 9.17) is 28.4 Å². The van der Waals surface area contributed by atoms with Gasteiger partial charge >= 0.3 is 23.9 Å². The van der Waals surface area contributed by atoms with E-state index >= 15 is 0 Å². The maximum atomic E-state index is 13.1. The van der Waals surface area contributed by atoms with Crippen LogP contribution in [0, 0.1) is 46.3 Å². The van der Waals surface area contributed by atoms with Crippen LogP contribution in [0.1, 0.15) is 223 Å². The fraction of sp³-hybridized carbons (Fsp3) is 0.860. The van der Waals surface area contributed by atoms with Gasteiger partial charge in [-0.3, -0.25) is 19.2 Å². The molecule has 1 heterocycles. The molecule has 5 aliphatic rings. The smallest absolute Gasteiger partial charge is 0.305 e. The largest absolute Gasteiger partial charge is 0.463 e. The topological polar surface area (TPSA) is 124 Å². The monoisotopic (exact) mass is 939 g/mol. The van der Waals surface area contributed by atoms with Crippen LogP contribution < -0.4 is 0 Å². The Bertz CT molecular complexity index is 1620. The third-order valence-electron chi connectivity index (χ3n) is 17.1. The van der Waals surface area contributed by atoms with E-state index in [1.807, 2.05) is 0 Å². The van der Waals surface area contributed by atoms with Crippen molar-refractivity contribution in [2.75, 3.05) is 6.61 Å². The summed E-state index contributed by atoms with van der Waals surface area (Å²) in [5, 5.41) is 0. The van der Waals surface area contributed by atoms with Gasteiger partial charge in [0.2, 0.25) is 0 Å². The molecule has 0 amide bonds. The van der Waals surface area contributed by atoms with E-state index in [0.29, 0.717) is 23.7 Å². The minimum Gasteiger partial charge on any atom is -0.463 e. The molecule has 4 aliphatic carbocycles. The van der Waals surface area contributed by atoms with Gasteiger partial charge in [0.1, 0.15) is 12.7 Å². The van der Waals surface area contributed by atoms with Crippen LogP contribution in [-0.2, 0) is 47.6 Å². The molecule has 10 nitrogen and oxygen atoms in total. The molecule has 67 heavy (non-hydrogen) atoms. The predicted octanol–water partition coefficient (Wildman–Crippen LogP) is 13.5. The highest BCUT2D eigenvalue weighted by Crippen LogP contribution is 2.67. The van der Waals surface area contributed by atoms with Crippen LogP contribution in [0.2, 0.25) is 0 Å². The van der Waals surface area contributed by atoms with Crippen LogP contribution in [0.4, 0.5) is 0 Å². The molecule has 0 spiro atoms. The summed E-state index contributed by atoms with van der Waals surface area (Å²) in [5.74, 6) is 2.19. The summed E-state index contributed by atoms with van der Waals surface area (Å²) in [5.41, 5.74) is 1.96. The first-order chi connectivity index (χ1) is 32.1. The molecule has 4 fully saturated rings. The second-order valence-electron chi connectivity index (χ2n) is 22.6. The number of hydrogen-bond acceptors (Lipinski definition) is 10. The van der Waals surface area contributed by atoms with Gasteiger partial charge in [-0.25, -0.2) is 0 Å². The Hall–Kier alpha value is -2.72. The standard InChI is InChI=1S/C57H94O10/c1-10-11-12-13-14-15-16-17-18-19-20-21-22-23-24-28-51(61)62-38-50-52(63-41(5)58)53(64-42(6)59)54(65-43(7)60)55(67-50)66-45-33-35-56(8)44(37-45)29-30-46-48-32-31-47(40(4)27-25-26-39(2)3)57(48,9)36-34-49(46)56/h17-18,29,39-40,45-50,52-55H,10-16,19-28,30-38H2,1-9H3/b18-17-/t40-,45?,46+,47-,48+,49+,50-,52+,53+,54-,55-,56+,57-/m1/s1. The van der Waals surface area contributed by atoms with Gasteiger partial charge in [-0.05, 0) is 130 Å². The van der Waals surface area contributed by atoms with E-state index in [0.717, 1.165) is 81.5 Å². The molecule has 0 aromatic carbocycles.